The van der Waals surface area contributed by atoms with Gasteiger partial charge in [0.1, 0.15) is 5.82 Å². The predicted molar refractivity (Wildman–Crippen MR) is 74.8 cm³/mol. The van der Waals surface area contributed by atoms with Gasteiger partial charge < -0.3 is 4.98 Å². The van der Waals surface area contributed by atoms with Crippen LogP contribution in [-0.4, -0.2) is 34.4 Å². The molecule has 0 saturated heterocycles. The first-order chi connectivity index (χ1) is 9.45. The largest absolute Gasteiger partial charge is 0.341 e. The molecule has 1 aliphatic rings. The van der Waals surface area contributed by atoms with Crippen molar-refractivity contribution < 1.29 is 8.78 Å². The van der Waals surface area contributed by atoms with Crippen molar-refractivity contribution in [2.24, 2.45) is 5.92 Å². The molecule has 0 unspecified atom stereocenters. The molecule has 1 atom stereocenters. The molecule has 1 saturated carbocycles. The maximum Gasteiger partial charge on any atom is 0.251 e. The molecule has 0 radical (unpaired) electrons. The molecule has 1 N–H and O–H groups in total. The van der Waals surface area contributed by atoms with Gasteiger partial charge in [0, 0.05) is 12.3 Å². The molecular weight excluding hydrogens is 260 g/mol. The van der Waals surface area contributed by atoms with Crippen LogP contribution < -0.4 is 0 Å². The summed E-state index contributed by atoms with van der Waals surface area (Å²) in [6, 6.07) is 6.04. The number of nitrogens with one attached hydrogen (secondary N) is 1. The first kappa shape index (κ1) is 13.5. The number of imidazole rings is 1. The van der Waals surface area contributed by atoms with Crippen LogP contribution in [0.2, 0.25) is 0 Å². The Bertz CT molecular complexity index is 621. The number of benzene rings is 1. The van der Waals surface area contributed by atoms with Gasteiger partial charge in [-0.3, -0.25) is 4.90 Å². The predicted octanol–water partition coefficient (Wildman–Crippen LogP) is 3.35. The van der Waals surface area contributed by atoms with Crippen LogP contribution in [0, 0.1) is 12.8 Å². The molecule has 0 aliphatic heterocycles. The van der Waals surface area contributed by atoms with Gasteiger partial charge in [0.25, 0.3) is 5.92 Å². The minimum Gasteiger partial charge on any atom is -0.341 e. The zero-order valence-corrected chi connectivity index (χ0v) is 11.8. The van der Waals surface area contributed by atoms with Crippen molar-refractivity contribution in [1.82, 2.24) is 14.9 Å². The molecule has 108 valence electrons. The van der Waals surface area contributed by atoms with E-state index < -0.39 is 11.8 Å². The first-order valence-electron chi connectivity index (χ1n) is 6.96. The third-order valence-corrected chi connectivity index (χ3v) is 4.00. The zero-order valence-electron chi connectivity index (χ0n) is 11.8. The van der Waals surface area contributed by atoms with Crippen LogP contribution in [0.25, 0.3) is 11.0 Å². The molecule has 1 aliphatic carbocycles. The van der Waals surface area contributed by atoms with Crippen LogP contribution >= 0.6 is 0 Å². The summed E-state index contributed by atoms with van der Waals surface area (Å²) >= 11 is 0. The van der Waals surface area contributed by atoms with Gasteiger partial charge in [-0.25, -0.2) is 13.8 Å². The number of para-hydroxylation sites is 1. The van der Waals surface area contributed by atoms with E-state index >= 15 is 0 Å². The van der Waals surface area contributed by atoms with Crippen LogP contribution in [0.5, 0.6) is 0 Å². The zero-order chi connectivity index (χ0) is 14.3. The fraction of sp³-hybridized carbons (Fsp3) is 0.533. The SMILES string of the molecule is Cc1cccc2[nH]c(CN(C)CC[C@@H]3CC3(F)F)nc12. The minimum absolute atomic E-state index is 0.0602. The highest BCUT2D eigenvalue weighted by molar-refractivity contribution is 5.78. The third kappa shape index (κ3) is 2.68. The number of nitrogens with zero attached hydrogens (tertiary/aromatic N) is 2. The summed E-state index contributed by atoms with van der Waals surface area (Å²) in [6.45, 7) is 3.37. The number of hydrogen-bond acceptors (Lipinski definition) is 2. The molecule has 0 amide bonds. The maximum atomic E-state index is 12.8. The van der Waals surface area contributed by atoms with Gasteiger partial charge in [-0.2, -0.15) is 0 Å². The number of aryl methyl sites for hydroxylation is 1. The van der Waals surface area contributed by atoms with Gasteiger partial charge in [0.15, 0.2) is 0 Å². The Kier molecular flexibility index (Phi) is 3.24. The highest BCUT2D eigenvalue weighted by atomic mass is 19.3. The number of fused-ring (bicyclic) bond motifs is 1. The van der Waals surface area contributed by atoms with Crippen molar-refractivity contribution in [3.8, 4) is 0 Å². The Morgan fingerprint density at radius 2 is 2.20 bits per heavy atom. The van der Waals surface area contributed by atoms with Gasteiger partial charge in [-0.15, -0.1) is 0 Å². The van der Waals surface area contributed by atoms with E-state index in [4.69, 9.17) is 0 Å². The summed E-state index contributed by atoms with van der Waals surface area (Å²) in [5.74, 6) is -1.93. The third-order valence-electron chi connectivity index (χ3n) is 4.00. The van der Waals surface area contributed by atoms with Crippen molar-refractivity contribution >= 4 is 11.0 Å². The van der Waals surface area contributed by atoms with Crippen LogP contribution in [0.4, 0.5) is 8.78 Å². The number of halogens is 2. The van der Waals surface area contributed by atoms with E-state index in [0.717, 1.165) is 22.4 Å². The van der Waals surface area contributed by atoms with E-state index in [-0.39, 0.29) is 6.42 Å². The number of alkyl halides is 2. The summed E-state index contributed by atoms with van der Waals surface area (Å²) < 4.78 is 25.6. The Labute approximate surface area is 117 Å². The fourth-order valence-electron chi connectivity index (χ4n) is 2.60. The second kappa shape index (κ2) is 4.81. The standard InChI is InChI=1S/C15H19F2N3/c1-10-4-3-5-12-14(10)19-13(18-12)9-20(2)7-6-11-8-15(11,16)17/h3-5,11H,6-9H2,1-2H3,(H,18,19)/t11-/m1/s1. The molecular formula is C15H19F2N3. The smallest absolute Gasteiger partial charge is 0.251 e. The molecule has 3 rings (SSSR count). The number of aromatic amines is 1. The summed E-state index contributed by atoms with van der Waals surface area (Å²) in [5, 5.41) is 0. The van der Waals surface area contributed by atoms with E-state index in [2.05, 4.69) is 9.97 Å². The number of hydrogen-bond donors (Lipinski definition) is 1. The number of H-pyrrole nitrogens is 1. The Balaban J connectivity index is 1.60. The first-order valence-corrected chi connectivity index (χ1v) is 6.96. The van der Waals surface area contributed by atoms with Crippen LogP contribution in [0.1, 0.15) is 24.2 Å². The summed E-state index contributed by atoms with van der Waals surface area (Å²) in [5.41, 5.74) is 3.16. The summed E-state index contributed by atoms with van der Waals surface area (Å²) in [6.07, 6.45) is 0.618. The monoisotopic (exact) mass is 279 g/mol. The lowest BCUT2D eigenvalue weighted by Gasteiger charge is -2.14. The fourth-order valence-corrected chi connectivity index (χ4v) is 2.60. The van der Waals surface area contributed by atoms with Gasteiger partial charge in [-0.05, 0) is 38.6 Å². The summed E-state index contributed by atoms with van der Waals surface area (Å²) in [7, 11) is 1.95. The van der Waals surface area contributed by atoms with Crippen molar-refractivity contribution in [2.75, 3.05) is 13.6 Å². The van der Waals surface area contributed by atoms with Crippen LogP contribution in [-0.2, 0) is 6.54 Å². The Morgan fingerprint density at radius 3 is 2.85 bits per heavy atom. The highest BCUT2D eigenvalue weighted by Gasteiger charge is 2.55. The average molecular weight is 279 g/mol. The Hall–Kier alpha value is -1.49. The quantitative estimate of drug-likeness (QED) is 0.910. The topological polar surface area (TPSA) is 31.9 Å². The van der Waals surface area contributed by atoms with E-state index in [9.17, 15) is 8.78 Å². The van der Waals surface area contributed by atoms with Crippen LogP contribution in [0.3, 0.4) is 0 Å². The second-order valence-electron chi connectivity index (χ2n) is 5.84. The lowest BCUT2D eigenvalue weighted by atomic mass is 10.2. The lowest BCUT2D eigenvalue weighted by Crippen LogP contribution is -2.20. The molecule has 0 spiro atoms. The second-order valence-corrected chi connectivity index (χ2v) is 5.84. The molecule has 1 fully saturated rings. The molecule has 0 bridgehead atoms. The van der Waals surface area contributed by atoms with Crippen molar-refractivity contribution in [3.63, 3.8) is 0 Å². The molecule has 20 heavy (non-hydrogen) atoms. The molecule has 1 aromatic heterocycles. The van der Waals surface area contributed by atoms with Crippen LogP contribution in [0.15, 0.2) is 18.2 Å². The number of rotatable bonds is 5. The summed E-state index contributed by atoms with van der Waals surface area (Å²) in [4.78, 5) is 9.91. The van der Waals surface area contributed by atoms with Gasteiger partial charge >= 0.3 is 0 Å². The van der Waals surface area contributed by atoms with Gasteiger partial charge in [0.05, 0.1) is 17.6 Å². The molecule has 5 heteroatoms. The minimum atomic E-state index is -2.41. The van der Waals surface area contributed by atoms with Crippen molar-refractivity contribution in [2.45, 2.75) is 32.2 Å². The molecule has 1 aromatic carbocycles. The lowest BCUT2D eigenvalue weighted by molar-refractivity contribution is 0.0943. The normalized spacial score (nSPS) is 20.8. The van der Waals surface area contributed by atoms with Crippen molar-refractivity contribution in [1.29, 1.82) is 0 Å². The molecule has 3 nitrogen and oxygen atoms in total. The van der Waals surface area contributed by atoms with E-state index in [0.29, 0.717) is 19.5 Å². The highest BCUT2D eigenvalue weighted by Crippen LogP contribution is 2.50. The van der Waals surface area contributed by atoms with Gasteiger partial charge in [0.2, 0.25) is 0 Å². The van der Waals surface area contributed by atoms with E-state index in [1.165, 1.54) is 0 Å². The van der Waals surface area contributed by atoms with E-state index in [1.54, 1.807) is 0 Å². The van der Waals surface area contributed by atoms with E-state index in [1.807, 2.05) is 37.1 Å². The van der Waals surface area contributed by atoms with Crippen molar-refractivity contribution in [3.05, 3.63) is 29.6 Å². The Morgan fingerprint density at radius 1 is 1.45 bits per heavy atom. The molecule has 2 aromatic rings. The average Bonchev–Trinajstić information content (AvgIpc) is 2.80. The molecule has 1 heterocycles. The van der Waals surface area contributed by atoms with Gasteiger partial charge in [-0.1, -0.05) is 12.1 Å². The number of aromatic nitrogens is 2. The maximum absolute atomic E-state index is 12.8.